The Bertz CT molecular complexity index is 526. The predicted octanol–water partition coefficient (Wildman–Crippen LogP) is 1.88. The number of carbonyl (C=O) groups is 2. The lowest BCUT2D eigenvalue weighted by molar-refractivity contribution is -0.125. The van der Waals surface area contributed by atoms with Crippen LogP contribution < -0.4 is 10.6 Å². The van der Waals surface area contributed by atoms with E-state index in [2.05, 4.69) is 10.6 Å². The maximum absolute atomic E-state index is 12.4. The van der Waals surface area contributed by atoms with Gasteiger partial charge in [0.2, 0.25) is 5.91 Å². The first-order valence-electron chi connectivity index (χ1n) is 8.05. The van der Waals surface area contributed by atoms with E-state index < -0.39 is 6.04 Å². The second kappa shape index (κ2) is 8.67. The van der Waals surface area contributed by atoms with Crippen LogP contribution in [0.15, 0.2) is 24.3 Å². The van der Waals surface area contributed by atoms with Crippen LogP contribution in [0, 0.1) is 18.8 Å². The highest BCUT2D eigenvalue weighted by atomic mass is 16.3. The minimum absolute atomic E-state index is 0.00349. The molecule has 0 spiro atoms. The van der Waals surface area contributed by atoms with Crippen molar-refractivity contribution in [1.29, 1.82) is 0 Å². The van der Waals surface area contributed by atoms with Crippen molar-refractivity contribution in [3.63, 3.8) is 0 Å². The molecule has 0 bridgehead atoms. The molecule has 0 heterocycles. The van der Waals surface area contributed by atoms with E-state index in [9.17, 15) is 9.59 Å². The highest BCUT2D eigenvalue weighted by Gasteiger charge is 2.26. The maximum atomic E-state index is 12.4. The molecule has 128 valence electrons. The summed E-state index contributed by atoms with van der Waals surface area (Å²) in [6.07, 6.45) is 0. The minimum Gasteiger partial charge on any atom is -0.396 e. The lowest BCUT2D eigenvalue weighted by Gasteiger charge is -2.26. The first kappa shape index (κ1) is 19.2. The Balaban J connectivity index is 2.76. The van der Waals surface area contributed by atoms with Crippen molar-refractivity contribution in [3.8, 4) is 0 Å². The average molecular weight is 320 g/mol. The smallest absolute Gasteiger partial charge is 0.251 e. The number of amides is 2. The van der Waals surface area contributed by atoms with E-state index in [0.29, 0.717) is 5.56 Å². The Labute approximate surface area is 138 Å². The summed E-state index contributed by atoms with van der Waals surface area (Å²) in [5.41, 5.74) is 1.61. The van der Waals surface area contributed by atoms with E-state index in [0.717, 1.165) is 5.56 Å². The third kappa shape index (κ3) is 5.67. The van der Waals surface area contributed by atoms with E-state index in [-0.39, 0.29) is 36.3 Å². The zero-order valence-electron chi connectivity index (χ0n) is 14.6. The number of benzene rings is 1. The van der Waals surface area contributed by atoms with Crippen LogP contribution >= 0.6 is 0 Å². The predicted molar refractivity (Wildman–Crippen MR) is 91.1 cm³/mol. The van der Waals surface area contributed by atoms with Crippen molar-refractivity contribution < 1.29 is 14.7 Å². The highest BCUT2D eigenvalue weighted by Crippen LogP contribution is 2.08. The monoisotopic (exact) mass is 320 g/mol. The lowest BCUT2D eigenvalue weighted by atomic mass is 10.00. The third-order valence-electron chi connectivity index (χ3n) is 4.06. The van der Waals surface area contributed by atoms with E-state index >= 15 is 0 Å². The molecule has 0 fully saturated rings. The van der Waals surface area contributed by atoms with E-state index in [1.807, 2.05) is 46.8 Å². The lowest BCUT2D eigenvalue weighted by Crippen LogP contribution is -2.52. The van der Waals surface area contributed by atoms with Gasteiger partial charge in [-0.3, -0.25) is 9.59 Å². The Morgan fingerprint density at radius 3 is 2.09 bits per heavy atom. The summed E-state index contributed by atoms with van der Waals surface area (Å²) >= 11 is 0. The molecule has 1 aromatic carbocycles. The third-order valence-corrected chi connectivity index (χ3v) is 4.06. The van der Waals surface area contributed by atoms with Gasteiger partial charge in [-0.2, -0.15) is 0 Å². The molecule has 0 saturated heterocycles. The van der Waals surface area contributed by atoms with Crippen LogP contribution in [0.4, 0.5) is 0 Å². The van der Waals surface area contributed by atoms with Crippen LogP contribution in [-0.4, -0.2) is 35.6 Å². The fourth-order valence-electron chi connectivity index (χ4n) is 2.08. The normalized spacial score (nSPS) is 14.9. The summed E-state index contributed by atoms with van der Waals surface area (Å²) in [4.78, 5) is 24.7. The van der Waals surface area contributed by atoms with Gasteiger partial charge in [0.15, 0.2) is 0 Å². The van der Waals surface area contributed by atoms with Crippen molar-refractivity contribution in [2.24, 2.45) is 11.8 Å². The quantitative estimate of drug-likeness (QED) is 0.718. The topological polar surface area (TPSA) is 78.4 Å². The molecule has 5 heteroatoms. The van der Waals surface area contributed by atoms with Gasteiger partial charge < -0.3 is 15.7 Å². The summed E-state index contributed by atoms with van der Waals surface area (Å²) in [6.45, 7) is 9.44. The van der Waals surface area contributed by atoms with Crippen molar-refractivity contribution >= 4 is 11.8 Å². The molecule has 3 N–H and O–H groups in total. The molecule has 0 aliphatic carbocycles. The number of aliphatic hydroxyl groups is 1. The number of hydrogen-bond donors (Lipinski definition) is 3. The van der Waals surface area contributed by atoms with Crippen molar-refractivity contribution in [2.75, 3.05) is 6.61 Å². The van der Waals surface area contributed by atoms with Gasteiger partial charge >= 0.3 is 0 Å². The largest absolute Gasteiger partial charge is 0.396 e. The summed E-state index contributed by atoms with van der Waals surface area (Å²) < 4.78 is 0. The van der Waals surface area contributed by atoms with E-state index in [4.69, 9.17) is 5.11 Å². The fourth-order valence-corrected chi connectivity index (χ4v) is 2.08. The van der Waals surface area contributed by atoms with Crippen LogP contribution in [0.5, 0.6) is 0 Å². The number of hydrogen-bond acceptors (Lipinski definition) is 3. The summed E-state index contributed by atoms with van der Waals surface area (Å²) in [7, 11) is 0. The fraction of sp³-hybridized carbons (Fsp3) is 0.556. The molecular formula is C18H28N2O3. The first-order chi connectivity index (χ1) is 10.8. The molecule has 3 unspecified atom stereocenters. The number of rotatable bonds is 7. The molecule has 0 radical (unpaired) electrons. The minimum atomic E-state index is -0.614. The number of carbonyl (C=O) groups excluding carboxylic acids is 2. The van der Waals surface area contributed by atoms with Gasteiger partial charge in [-0.1, -0.05) is 38.5 Å². The molecule has 1 aromatic rings. The maximum Gasteiger partial charge on any atom is 0.251 e. The molecule has 5 nitrogen and oxygen atoms in total. The molecule has 0 aliphatic rings. The van der Waals surface area contributed by atoms with Crippen molar-refractivity contribution in [2.45, 2.75) is 46.7 Å². The molecule has 3 atom stereocenters. The Kier molecular flexibility index (Phi) is 7.23. The van der Waals surface area contributed by atoms with Gasteiger partial charge in [0.05, 0.1) is 0 Å². The molecule has 1 rings (SSSR count). The molecule has 23 heavy (non-hydrogen) atoms. The Morgan fingerprint density at radius 1 is 1.04 bits per heavy atom. The zero-order valence-corrected chi connectivity index (χ0v) is 14.6. The van der Waals surface area contributed by atoms with Crippen molar-refractivity contribution in [1.82, 2.24) is 10.6 Å². The van der Waals surface area contributed by atoms with E-state index in [1.165, 1.54) is 0 Å². The van der Waals surface area contributed by atoms with Crippen LogP contribution in [0.2, 0.25) is 0 Å². The molecule has 2 amide bonds. The van der Waals surface area contributed by atoms with Gasteiger partial charge in [-0.05, 0) is 37.8 Å². The number of aliphatic hydroxyl groups excluding tert-OH is 1. The van der Waals surface area contributed by atoms with Gasteiger partial charge in [0.1, 0.15) is 6.04 Å². The molecule has 0 aromatic heterocycles. The second-order valence-corrected chi connectivity index (χ2v) is 6.52. The summed E-state index contributed by atoms with van der Waals surface area (Å²) in [5, 5.41) is 14.8. The SMILES string of the molecule is Cc1ccc(C(=O)NC(C(=O)NC(C)C(C)CO)C(C)C)cc1. The van der Waals surface area contributed by atoms with Gasteiger partial charge in [-0.15, -0.1) is 0 Å². The standard InChI is InChI=1S/C18H28N2O3/c1-11(2)16(18(23)19-14(5)13(4)10-21)20-17(22)15-8-6-12(3)7-9-15/h6-9,11,13-14,16,21H,10H2,1-5H3,(H,19,23)(H,20,22). The molecule has 0 aliphatic heterocycles. The van der Waals surface area contributed by atoms with Crippen molar-refractivity contribution in [3.05, 3.63) is 35.4 Å². The highest BCUT2D eigenvalue weighted by molar-refractivity contribution is 5.97. The summed E-state index contributed by atoms with van der Waals surface area (Å²) in [6, 6.07) is 6.45. The molecular weight excluding hydrogens is 292 g/mol. The second-order valence-electron chi connectivity index (χ2n) is 6.52. The van der Waals surface area contributed by atoms with Gasteiger partial charge in [0.25, 0.3) is 5.91 Å². The van der Waals surface area contributed by atoms with Crippen LogP contribution in [0.3, 0.4) is 0 Å². The van der Waals surface area contributed by atoms with Crippen LogP contribution in [-0.2, 0) is 4.79 Å². The summed E-state index contributed by atoms with van der Waals surface area (Å²) in [5.74, 6) is -0.574. The number of aryl methyl sites for hydroxylation is 1. The average Bonchev–Trinajstić information content (AvgIpc) is 2.51. The van der Waals surface area contributed by atoms with Gasteiger partial charge in [0, 0.05) is 18.2 Å². The Morgan fingerprint density at radius 2 is 1.61 bits per heavy atom. The van der Waals surface area contributed by atoms with Crippen LogP contribution in [0.1, 0.15) is 43.6 Å². The molecule has 0 saturated carbocycles. The van der Waals surface area contributed by atoms with Gasteiger partial charge in [-0.25, -0.2) is 0 Å². The van der Waals surface area contributed by atoms with E-state index in [1.54, 1.807) is 12.1 Å². The zero-order chi connectivity index (χ0) is 17.6. The number of nitrogens with one attached hydrogen (secondary N) is 2. The Hall–Kier alpha value is -1.88. The first-order valence-corrected chi connectivity index (χ1v) is 8.05. The van der Waals surface area contributed by atoms with Crippen LogP contribution in [0.25, 0.3) is 0 Å².